The second-order valence-corrected chi connectivity index (χ2v) is 5.56. The van der Waals surface area contributed by atoms with Crippen LogP contribution >= 0.6 is 15.9 Å². The van der Waals surface area contributed by atoms with Crippen LogP contribution in [0.3, 0.4) is 0 Å². The summed E-state index contributed by atoms with van der Waals surface area (Å²) in [5.41, 5.74) is 0.913. The van der Waals surface area contributed by atoms with Crippen molar-refractivity contribution in [1.29, 1.82) is 0 Å². The second-order valence-electron chi connectivity index (χ2n) is 4.64. The molecule has 2 aromatic carbocycles. The highest BCUT2D eigenvalue weighted by Crippen LogP contribution is 2.20. The van der Waals surface area contributed by atoms with Gasteiger partial charge in [0.25, 0.3) is 0 Å². The average molecular weight is 351 g/mol. The highest BCUT2D eigenvalue weighted by atomic mass is 79.9. The van der Waals surface area contributed by atoms with Crippen molar-refractivity contribution >= 4 is 15.9 Å². The molecule has 0 saturated heterocycles. The maximum Gasteiger partial charge on any atom is 0.122 e. The first-order valence-electron chi connectivity index (χ1n) is 6.98. The molecule has 0 radical (unpaired) electrons. The van der Waals surface area contributed by atoms with Crippen LogP contribution in [0.5, 0.6) is 11.5 Å². The van der Waals surface area contributed by atoms with Gasteiger partial charge in [-0.1, -0.05) is 35.0 Å². The maximum atomic E-state index is 9.72. The van der Waals surface area contributed by atoms with Crippen LogP contribution in [0.25, 0.3) is 0 Å². The molecule has 2 aromatic rings. The van der Waals surface area contributed by atoms with E-state index in [1.54, 1.807) is 0 Å². The maximum absolute atomic E-state index is 9.72. The molecule has 3 nitrogen and oxygen atoms in total. The Balaban J connectivity index is 1.74. The van der Waals surface area contributed by atoms with E-state index < -0.39 is 6.10 Å². The van der Waals surface area contributed by atoms with Gasteiger partial charge in [-0.25, -0.2) is 0 Å². The summed E-state index contributed by atoms with van der Waals surface area (Å²) in [6.07, 6.45) is 0.307. The van der Waals surface area contributed by atoms with Crippen LogP contribution in [-0.4, -0.2) is 18.3 Å². The minimum Gasteiger partial charge on any atom is -0.490 e. The van der Waals surface area contributed by atoms with Gasteiger partial charge in [-0.2, -0.15) is 0 Å². The highest BCUT2D eigenvalue weighted by Gasteiger charge is 2.04. The van der Waals surface area contributed by atoms with Crippen molar-refractivity contribution in [2.24, 2.45) is 0 Å². The first-order valence-corrected chi connectivity index (χ1v) is 7.77. The molecule has 0 aliphatic heterocycles. The normalized spacial score (nSPS) is 12.0. The summed E-state index contributed by atoms with van der Waals surface area (Å²) in [6.45, 7) is 2.92. The number of hydrogen-bond acceptors (Lipinski definition) is 3. The zero-order chi connectivity index (χ0) is 15.1. The van der Waals surface area contributed by atoms with E-state index in [2.05, 4.69) is 15.9 Å². The van der Waals surface area contributed by atoms with Crippen molar-refractivity contribution in [3.05, 3.63) is 58.6 Å². The van der Waals surface area contributed by atoms with Crippen molar-refractivity contribution in [1.82, 2.24) is 0 Å². The Hall–Kier alpha value is -1.52. The Morgan fingerprint density at radius 1 is 0.905 bits per heavy atom. The van der Waals surface area contributed by atoms with Gasteiger partial charge >= 0.3 is 0 Å². The Kier molecular flexibility index (Phi) is 6.08. The SMILES string of the molecule is CC[C@@H](O)c1ccc(OCCOc2ccc(Br)cc2)cc1. The molecule has 0 aliphatic carbocycles. The molecule has 1 atom stereocenters. The Morgan fingerprint density at radius 2 is 1.38 bits per heavy atom. The minimum atomic E-state index is -0.403. The number of halogens is 1. The summed E-state index contributed by atoms with van der Waals surface area (Å²) in [4.78, 5) is 0. The van der Waals surface area contributed by atoms with Crippen molar-refractivity contribution in [3.63, 3.8) is 0 Å². The van der Waals surface area contributed by atoms with Crippen molar-refractivity contribution in [2.75, 3.05) is 13.2 Å². The lowest BCUT2D eigenvalue weighted by atomic mass is 10.1. The average Bonchev–Trinajstić information content (AvgIpc) is 2.53. The van der Waals surface area contributed by atoms with Gasteiger partial charge < -0.3 is 14.6 Å². The largest absolute Gasteiger partial charge is 0.490 e. The predicted molar refractivity (Wildman–Crippen MR) is 86.8 cm³/mol. The van der Waals surface area contributed by atoms with E-state index in [9.17, 15) is 5.11 Å². The van der Waals surface area contributed by atoms with Crippen molar-refractivity contribution in [3.8, 4) is 11.5 Å². The van der Waals surface area contributed by atoms with Crippen molar-refractivity contribution in [2.45, 2.75) is 19.4 Å². The number of aliphatic hydroxyl groups excluding tert-OH is 1. The lowest BCUT2D eigenvalue weighted by Gasteiger charge is -2.11. The summed E-state index contributed by atoms with van der Waals surface area (Å²) >= 11 is 3.38. The molecule has 0 fully saturated rings. The first kappa shape index (κ1) is 15.9. The van der Waals surface area contributed by atoms with Crippen LogP contribution in [0.1, 0.15) is 25.0 Å². The molecule has 0 amide bonds. The zero-order valence-electron chi connectivity index (χ0n) is 12.0. The van der Waals surface area contributed by atoms with Crippen LogP contribution < -0.4 is 9.47 Å². The van der Waals surface area contributed by atoms with Gasteiger partial charge in [0, 0.05) is 4.47 Å². The molecule has 0 bridgehead atoms. The van der Waals surface area contributed by atoms with Gasteiger partial charge in [0.15, 0.2) is 0 Å². The monoisotopic (exact) mass is 350 g/mol. The standard InChI is InChI=1S/C17H19BrO3/c1-2-17(19)13-3-7-15(8-4-13)20-11-12-21-16-9-5-14(18)6-10-16/h3-10,17,19H,2,11-12H2,1H3/t17-/m1/s1. The smallest absolute Gasteiger partial charge is 0.122 e. The molecular weight excluding hydrogens is 332 g/mol. The van der Waals surface area contributed by atoms with E-state index in [0.29, 0.717) is 19.6 Å². The van der Waals surface area contributed by atoms with Gasteiger partial charge in [-0.15, -0.1) is 0 Å². The quantitative estimate of drug-likeness (QED) is 0.754. The van der Waals surface area contributed by atoms with E-state index >= 15 is 0 Å². The molecule has 0 heterocycles. The lowest BCUT2D eigenvalue weighted by molar-refractivity contribution is 0.173. The molecule has 21 heavy (non-hydrogen) atoms. The number of ether oxygens (including phenoxy) is 2. The van der Waals surface area contributed by atoms with E-state index in [1.165, 1.54) is 0 Å². The summed E-state index contributed by atoms with van der Waals surface area (Å²) in [7, 11) is 0. The third kappa shape index (κ3) is 5.06. The van der Waals surface area contributed by atoms with E-state index in [1.807, 2.05) is 55.5 Å². The fraction of sp³-hybridized carbons (Fsp3) is 0.294. The van der Waals surface area contributed by atoms with Crippen LogP contribution in [0.15, 0.2) is 53.0 Å². The molecular formula is C17H19BrO3. The number of aliphatic hydroxyl groups is 1. The van der Waals surface area contributed by atoms with Gasteiger partial charge in [-0.05, 0) is 48.4 Å². The molecule has 0 aromatic heterocycles. The number of benzene rings is 2. The van der Waals surface area contributed by atoms with Crippen LogP contribution in [0.2, 0.25) is 0 Å². The lowest BCUT2D eigenvalue weighted by Crippen LogP contribution is -2.09. The van der Waals surface area contributed by atoms with E-state index in [4.69, 9.17) is 9.47 Å². The van der Waals surface area contributed by atoms with Crippen LogP contribution in [-0.2, 0) is 0 Å². The molecule has 112 valence electrons. The Morgan fingerprint density at radius 3 is 1.86 bits per heavy atom. The number of rotatable bonds is 7. The molecule has 0 spiro atoms. The third-order valence-corrected chi connectivity index (χ3v) is 3.61. The fourth-order valence-corrected chi connectivity index (χ4v) is 2.14. The van der Waals surface area contributed by atoms with Crippen LogP contribution in [0.4, 0.5) is 0 Å². The predicted octanol–water partition coefficient (Wildman–Crippen LogP) is 4.35. The van der Waals surface area contributed by atoms with Crippen LogP contribution in [0, 0.1) is 0 Å². The molecule has 2 rings (SSSR count). The molecule has 0 saturated carbocycles. The summed E-state index contributed by atoms with van der Waals surface area (Å²) < 4.78 is 12.2. The van der Waals surface area contributed by atoms with Crippen molar-refractivity contribution < 1.29 is 14.6 Å². The van der Waals surface area contributed by atoms with E-state index in [-0.39, 0.29) is 0 Å². The summed E-state index contributed by atoms with van der Waals surface area (Å²) in [5.74, 6) is 1.60. The highest BCUT2D eigenvalue weighted by molar-refractivity contribution is 9.10. The molecule has 1 N–H and O–H groups in total. The topological polar surface area (TPSA) is 38.7 Å². The fourth-order valence-electron chi connectivity index (χ4n) is 1.87. The summed E-state index contributed by atoms with van der Waals surface area (Å²) in [6, 6.07) is 15.2. The minimum absolute atomic E-state index is 0.403. The Labute approximate surface area is 133 Å². The number of hydrogen-bond donors (Lipinski definition) is 1. The molecule has 4 heteroatoms. The van der Waals surface area contributed by atoms with Gasteiger partial charge in [0.05, 0.1) is 6.10 Å². The summed E-state index contributed by atoms with van der Waals surface area (Å²) in [5, 5.41) is 9.72. The first-order chi connectivity index (χ1) is 10.2. The van der Waals surface area contributed by atoms with Gasteiger partial charge in [0.2, 0.25) is 0 Å². The molecule has 0 aliphatic rings. The molecule has 0 unspecified atom stereocenters. The Bertz CT molecular complexity index is 537. The van der Waals surface area contributed by atoms with E-state index in [0.717, 1.165) is 21.5 Å². The third-order valence-electron chi connectivity index (χ3n) is 3.09. The zero-order valence-corrected chi connectivity index (χ0v) is 13.5. The van der Waals surface area contributed by atoms with Gasteiger partial charge in [-0.3, -0.25) is 0 Å². The second kappa shape index (κ2) is 8.05. The van der Waals surface area contributed by atoms with Gasteiger partial charge in [0.1, 0.15) is 24.7 Å².